The molecule has 3 aromatic heterocycles. The lowest BCUT2D eigenvalue weighted by Crippen LogP contribution is -2.41. The van der Waals surface area contributed by atoms with Crippen LogP contribution in [0.1, 0.15) is 34.5 Å². The number of hydrogen-bond donors (Lipinski definition) is 1. The number of likely N-dealkylation sites (tertiary alicyclic amines) is 1. The first-order valence-corrected chi connectivity index (χ1v) is 10.3. The number of carboxylic acids is 1. The van der Waals surface area contributed by atoms with Crippen LogP contribution in [0.5, 0.6) is 0 Å². The number of fused-ring (bicyclic) bond motifs is 1. The Morgan fingerprint density at radius 3 is 2.53 bits per heavy atom. The van der Waals surface area contributed by atoms with E-state index in [9.17, 15) is 9.90 Å². The highest BCUT2D eigenvalue weighted by Gasteiger charge is 2.25. The molecule has 0 radical (unpaired) electrons. The lowest BCUT2D eigenvalue weighted by Gasteiger charge is -2.37. The third-order valence-electron chi connectivity index (χ3n) is 6.34. The molecule has 4 heterocycles. The summed E-state index contributed by atoms with van der Waals surface area (Å²) < 4.78 is 3.89. The number of nitrogens with zero attached hydrogens (tertiary/aromatic N) is 5. The number of aromatic carboxylic acids is 1. The van der Waals surface area contributed by atoms with E-state index in [0.717, 1.165) is 59.7 Å². The zero-order valence-electron chi connectivity index (χ0n) is 18.1. The average Bonchev–Trinajstić information content (AvgIpc) is 3.32. The maximum Gasteiger partial charge on any atom is 0.336 e. The van der Waals surface area contributed by atoms with Gasteiger partial charge in [-0.2, -0.15) is 5.10 Å². The molecule has 1 saturated heterocycles. The summed E-state index contributed by atoms with van der Waals surface area (Å²) >= 11 is 0. The van der Waals surface area contributed by atoms with Gasteiger partial charge in [0.2, 0.25) is 0 Å². The third kappa shape index (κ3) is 3.39. The summed E-state index contributed by atoms with van der Waals surface area (Å²) in [6, 6.07) is 6.29. The van der Waals surface area contributed by atoms with Crippen molar-refractivity contribution in [3.63, 3.8) is 0 Å². The van der Waals surface area contributed by atoms with Crippen LogP contribution >= 0.6 is 0 Å². The van der Waals surface area contributed by atoms with E-state index in [4.69, 9.17) is 0 Å². The van der Waals surface area contributed by atoms with Crippen LogP contribution in [0.2, 0.25) is 0 Å². The van der Waals surface area contributed by atoms with Crippen molar-refractivity contribution in [2.45, 2.75) is 25.8 Å². The minimum atomic E-state index is -0.918. The molecule has 0 atom stereocenters. The Balaban J connectivity index is 1.80. The van der Waals surface area contributed by atoms with E-state index in [1.54, 1.807) is 12.3 Å². The molecule has 0 spiro atoms. The fraction of sp³-hybridized carbons (Fsp3) is 0.391. The molecule has 7 nitrogen and oxygen atoms in total. The Labute approximate surface area is 176 Å². The smallest absolute Gasteiger partial charge is 0.336 e. The minimum absolute atomic E-state index is 0.316. The van der Waals surface area contributed by atoms with Crippen molar-refractivity contribution in [3.05, 3.63) is 54.0 Å². The van der Waals surface area contributed by atoms with Crippen molar-refractivity contribution < 1.29 is 9.90 Å². The zero-order valence-corrected chi connectivity index (χ0v) is 18.1. The number of rotatable bonds is 5. The van der Waals surface area contributed by atoms with E-state index in [-0.39, 0.29) is 0 Å². The molecule has 0 amide bonds. The number of piperidine rings is 1. The topological polar surface area (TPSA) is 66.0 Å². The lowest BCUT2D eigenvalue weighted by atomic mass is 10.0. The first-order valence-electron chi connectivity index (χ1n) is 10.3. The normalized spacial score (nSPS) is 15.3. The number of pyridine rings is 1. The number of aryl methyl sites for hydroxylation is 1. The molecule has 7 heteroatoms. The van der Waals surface area contributed by atoms with Crippen molar-refractivity contribution in [2.75, 3.05) is 27.2 Å². The highest BCUT2D eigenvalue weighted by atomic mass is 16.4. The minimum Gasteiger partial charge on any atom is -0.478 e. The largest absolute Gasteiger partial charge is 0.478 e. The fourth-order valence-electron chi connectivity index (χ4n) is 4.53. The third-order valence-corrected chi connectivity index (χ3v) is 6.34. The van der Waals surface area contributed by atoms with Crippen LogP contribution in [0.4, 0.5) is 0 Å². The maximum atomic E-state index is 12.0. The predicted molar refractivity (Wildman–Crippen MR) is 119 cm³/mol. The molecular formula is C23H29N5O2. The van der Waals surface area contributed by atoms with E-state index in [2.05, 4.69) is 46.2 Å². The second kappa shape index (κ2) is 7.65. The molecule has 30 heavy (non-hydrogen) atoms. The quantitative estimate of drug-likeness (QED) is 0.703. The van der Waals surface area contributed by atoms with Crippen molar-refractivity contribution in [1.29, 1.82) is 0 Å². The van der Waals surface area contributed by atoms with Gasteiger partial charge in [0.05, 0.1) is 22.6 Å². The Kier molecular flexibility index (Phi) is 5.15. The number of aromatic nitrogens is 3. The van der Waals surface area contributed by atoms with E-state index in [1.807, 2.05) is 30.8 Å². The van der Waals surface area contributed by atoms with Crippen LogP contribution < -0.4 is 0 Å². The molecule has 0 aliphatic carbocycles. The van der Waals surface area contributed by atoms with Gasteiger partial charge < -0.3 is 19.3 Å². The Morgan fingerprint density at radius 2 is 1.97 bits per heavy atom. The lowest BCUT2D eigenvalue weighted by molar-refractivity contribution is 0.0696. The SMILES string of the molecule is C=C(c1c(C)c(C(=O)O)cc2cc(-c3ccnn3C)cn12)N1CCC(N(C)C)CC1. The van der Waals surface area contributed by atoms with Crippen LogP contribution in [-0.4, -0.2) is 68.3 Å². The zero-order chi connectivity index (χ0) is 21.6. The number of hydrogen-bond acceptors (Lipinski definition) is 4. The first-order chi connectivity index (χ1) is 14.3. The fourth-order valence-corrected chi connectivity index (χ4v) is 4.53. The molecule has 1 aliphatic heterocycles. The van der Waals surface area contributed by atoms with Crippen LogP contribution in [0.15, 0.2) is 37.2 Å². The molecule has 1 fully saturated rings. The first kappa shape index (κ1) is 20.2. The number of carbonyl (C=O) groups is 1. The molecule has 0 unspecified atom stereocenters. The Morgan fingerprint density at radius 1 is 1.27 bits per heavy atom. The van der Waals surface area contributed by atoms with Crippen molar-refractivity contribution in [3.8, 4) is 11.3 Å². The van der Waals surface area contributed by atoms with Gasteiger partial charge in [-0.05, 0) is 57.6 Å². The van der Waals surface area contributed by atoms with Gasteiger partial charge in [-0.3, -0.25) is 4.68 Å². The molecule has 1 N–H and O–H groups in total. The van der Waals surface area contributed by atoms with Gasteiger partial charge >= 0.3 is 5.97 Å². The van der Waals surface area contributed by atoms with E-state index in [1.165, 1.54) is 0 Å². The molecule has 4 rings (SSSR count). The summed E-state index contributed by atoms with van der Waals surface area (Å²) in [4.78, 5) is 16.5. The Hall–Kier alpha value is -3.06. The Bertz CT molecular complexity index is 1120. The van der Waals surface area contributed by atoms with Crippen molar-refractivity contribution in [1.82, 2.24) is 24.0 Å². The van der Waals surface area contributed by atoms with Crippen LogP contribution in [0.3, 0.4) is 0 Å². The summed E-state index contributed by atoms with van der Waals surface area (Å²) in [7, 11) is 6.15. The highest BCUT2D eigenvalue weighted by molar-refractivity contribution is 5.93. The van der Waals surface area contributed by atoms with E-state index < -0.39 is 5.97 Å². The molecule has 0 bridgehead atoms. The second-order valence-corrected chi connectivity index (χ2v) is 8.33. The molecule has 0 saturated carbocycles. The van der Waals surface area contributed by atoms with Gasteiger partial charge in [-0.25, -0.2) is 4.79 Å². The standard InChI is InChI=1S/C23H29N5O2/c1-15-20(23(29)30)13-19-12-17(21-6-9-24-26(21)5)14-28(19)22(15)16(2)27-10-7-18(8-11-27)25(3)4/h6,9,12-14,18H,2,7-8,10-11H2,1,3-5H3,(H,29,30). The highest BCUT2D eigenvalue weighted by Crippen LogP contribution is 2.32. The van der Waals surface area contributed by atoms with Crippen LogP contribution in [0.25, 0.3) is 22.5 Å². The summed E-state index contributed by atoms with van der Waals surface area (Å²) in [5.74, 6) is -0.918. The van der Waals surface area contributed by atoms with Crippen molar-refractivity contribution in [2.24, 2.45) is 7.05 Å². The summed E-state index contributed by atoms with van der Waals surface area (Å²) in [5.41, 5.74) is 5.62. The number of carboxylic acid groups (broad SMARTS) is 1. The van der Waals surface area contributed by atoms with Gasteiger partial charge in [0.15, 0.2) is 0 Å². The maximum absolute atomic E-state index is 12.0. The van der Waals surface area contributed by atoms with E-state index >= 15 is 0 Å². The van der Waals surface area contributed by atoms with Gasteiger partial charge in [0.25, 0.3) is 0 Å². The monoisotopic (exact) mass is 407 g/mol. The molecule has 0 aromatic carbocycles. The van der Waals surface area contributed by atoms with Crippen molar-refractivity contribution >= 4 is 17.2 Å². The summed E-state index contributed by atoms with van der Waals surface area (Å²) in [6.07, 6.45) is 5.95. The second-order valence-electron chi connectivity index (χ2n) is 8.33. The molecular weight excluding hydrogens is 378 g/mol. The van der Waals surface area contributed by atoms with Crippen LogP contribution in [0, 0.1) is 6.92 Å². The van der Waals surface area contributed by atoms with E-state index in [0.29, 0.717) is 11.6 Å². The van der Waals surface area contributed by atoms with Gasteiger partial charge in [-0.1, -0.05) is 6.58 Å². The molecule has 3 aromatic rings. The van der Waals surface area contributed by atoms with Gasteiger partial charge in [-0.15, -0.1) is 0 Å². The van der Waals surface area contributed by atoms with Crippen LogP contribution in [-0.2, 0) is 7.05 Å². The van der Waals surface area contributed by atoms with Gasteiger partial charge in [0.1, 0.15) is 0 Å². The van der Waals surface area contributed by atoms with Gasteiger partial charge in [0, 0.05) is 49.7 Å². The summed E-state index contributed by atoms with van der Waals surface area (Å²) in [5, 5.41) is 14.1. The molecule has 158 valence electrons. The average molecular weight is 408 g/mol. The predicted octanol–water partition coefficient (Wildman–Crippen LogP) is 3.34. The molecule has 1 aliphatic rings. The summed E-state index contributed by atoms with van der Waals surface area (Å²) in [6.45, 7) is 8.10.